The molecule has 1 atom stereocenters. The molecule has 0 radical (unpaired) electrons. The minimum Gasteiger partial charge on any atom is -0.480 e. The van der Waals surface area contributed by atoms with Gasteiger partial charge in [0.1, 0.15) is 6.54 Å². The smallest absolute Gasteiger partial charge is 0.323 e. The molecule has 0 aliphatic heterocycles. The summed E-state index contributed by atoms with van der Waals surface area (Å²) in [5.74, 6) is -1.16. The molecule has 1 aromatic carbocycles. The summed E-state index contributed by atoms with van der Waals surface area (Å²) in [5, 5.41) is 8.81. The molecule has 1 unspecified atom stereocenters. The van der Waals surface area contributed by atoms with Crippen LogP contribution in [0.2, 0.25) is 0 Å². The maximum atomic E-state index is 12.1. The van der Waals surface area contributed by atoms with Gasteiger partial charge in [-0.1, -0.05) is 41.1 Å². The SMILES string of the molecule is C=CCN(CC(=O)O)C(=O)CC(C)c1ccc(Br)cc1. The second-order valence-corrected chi connectivity index (χ2v) is 5.53. The fourth-order valence-corrected chi connectivity index (χ4v) is 2.14. The number of carbonyl (C=O) groups excluding carboxylic acids is 1. The Morgan fingerprint density at radius 3 is 2.50 bits per heavy atom. The van der Waals surface area contributed by atoms with Crippen LogP contribution >= 0.6 is 15.9 Å². The molecule has 0 aromatic heterocycles. The first-order chi connectivity index (χ1) is 9.43. The van der Waals surface area contributed by atoms with Crippen molar-refractivity contribution in [2.75, 3.05) is 13.1 Å². The van der Waals surface area contributed by atoms with Crippen molar-refractivity contribution < 1.29 is 14.7 Å². The Hall–Kier alpha value is -1.62. The van der Waals surface area contributed by atoms with E-state index in [4.69, 9.17) is 5.11 Å². The lowest BCUT2D eigenvalue weighted by atomic mass is 9.97. The molecule has 0 aliphatic carbocycles. The number of hydrogen-bond donors (Lipinski definition) is 1. The lowest BCUT2D eigenvalue weighted by Crippen LogP contribution is -2.36. The lowest BCUT2D eigenvalue weighted by molar-refractivity contribution is -0.144. The van der Waals surface area contributed by atoms with E-state index < -0.39 is 5.97 Å². The molecule has 4 nitrogen and oxygen atoms in total. The fraction of sp³-hybridized carbons (Fsp3) is 0.333. The molecule has 0 spiro atoms. The van der Waals surface area contributed by atoms with Gasteiger partial charge in [-0.2, -0.15) is 0 Å². The maximum Gasteiger partial charge on any atom is 0.323 e. The molecule has 0 aliphatic rings. The van der Waals surface area contributed by atoms with Crippen molar-refractivity contribution >= 4 is 27.8 Å². The number of carbonyl (C=O) groups is 2. The topological polar surface area (TPSA) is 57.6 Å². The molecular formula is C15H18BrNO3. The van der Waals surface area contributed by atoms with Gasteiger partial charge < -0.3 is 10.0 Å². The van der Waals surface area contributed by atoms with E-state index in [9.17, 15) is 9.59 Å². The average molecular weight is 340 g/mol. The summed E-state index contributed by atoms with van der Waals surface area (Å²) in [6, 6.07) is 7.76. The van der Waals surface area contributed by atoms with Gasteiger partial charge in [0.15, 0.2) is 0 Å². The van der Waals surface area contributed by atoms with Crippen LogP contribution in [-0.2, 0) is 9.59 Å². The van der Waals surface area contributed by atoms with E-state index >= 15 is 0 Å². The van der Waals surface area contributed by atoms with Crippen LogP contribution in [-0.4, -0.2) is 35.0 Å². The van der Waals surface area contributed by atoms with E-state index in [2.05, 4.69) is 22.5 Å². The van der Waals surface area contributed by atoms with Crippen molar-refractivity contribution in [3.63, 3.8) is 0 Å². The third-order valence-corrected chi connectivity index (χ3v) is 3.48. The van der Waals surface area contributed by atoms with Crippen LogP contribution in [0.1, 0.15) is 24.8 Å². The van der Waals surface area contributed by atoms with Gasteiger partial charge >= 0.3 is 5.97 Å². The van der Waals surface area contributed by atoms with Crippen LogP contribution in [0.4, 0.5) is 0 Å². The fourth-order valence-electron chi connectivity index (χ4n) is 1.87. The molecule has 1 N–H and O–H groups in total. The Labute approximate surface area is 127 Å². The number of benzene rings is 1. The van der Waals surface area contributed by atoms with E-state index in [0.29, 0.717) is 0 Å². The van der Waals surface area contributed by atoms with E-state index in [1.807, 2.05) is 31.2 Å². The molecule has 5 heteroatoms. The minimum absolute atomic E-state index is 0.0386. The molecule has 1 amide bonds. The zero-order valence-electron chi connectivity index (χ0n) is 11.4. The highest BCUT2D eigenvalue weighted by molar-refractivity contribution is 9.10. The van der Waals surface area contributed by atoms with E-state index in [0.717, 1.165) is 10.0 Å². The van der Waals surface area contributed by atoms with Gasteiger partial charge in [0.2, 0.25) is 5.91 Å². The van der Waals surface area contributed by atoms with E-state index in [1.54, 1.807) is 0 Å². The summed E-state index contributed by atoms with van der Waals surface area (Å²) >= 11 is 3.36. The number of rotatable bonds is 7. The van der Waals surface area contributed by atoms with Crippen molar-refractivity contribution in [3.05, 3.63) is 47.0 Å². The highest BCUT2D eigenvalue weighted by Crippen LogP contribution is 2.22. The van der Waals surface area contributed by atoms with Crippen LogP contribution in [0, 0.1) is 0 Å². The number of aliphatic carboxylic acids is 1. The molecule has 20 heavy (non-hydrogen) atoms. The van der Waals surface area contributed by atoms with Crippen LogP contribution in [0.3, 0.4) is 0 Å². The first kappa shape index (κ1) is 16.4. The van der Waals surface area contributed by atoms with Gasteiger partial charge in [-0.05, 0) is 23.6 Å². The van der Waals surface area contributed by atoms with E-state index in [1.165, 1.54) is 11.0 Å². The summed E-state index contributed by atoms with van der Waals surface area (Å²) in [4.78, 5) is 24.2. The number of amides is 1. The second kappa shape index (κ2) is 7.85. The molecule has 0 bridgehead atoms. The highest BCUT2D eigenvalue weighted by Gasteiger charge is 2.18. The molecular weight excluding hydrogens is 322 g/mol. The quantitative estimate of drug-likeness (QED) is 0.776. The van der Waals surface area contributed by atoms with Gasteiger partial charge in [-0.25, -0.2) is 0 Å². The van der Waals surface area contributed by atoms with Crippen LogP contribution in [0.15, 0.2) is 41.4 Å². The molecule has 0 saturated heterocycles. The van der Waals surface area contributed by atoms with Crippen molar-refractivity contribution in [2.24, 2.45) is 0 Å². The van der Waals surface area contributed by atoms with Gasteiger partial charge in [0.25, 0.3) is 0 Å². The third-order valence-electron chi connectivity index (χ3n) is 2.95. The Morgan fingerprint density at radius 1 is 1.40 bits per heavy atom. The zero-order chi connectivity index (χ0) is 15.1. The summed E-state index contributed by atoms with van der Waals surface area (Å²) in [5.41, 5.74) is 1.05. The monoisotopic (exact) mass is 339 g/mol. The Balaban J connectivity index is 2.69. The first-order valence-electron chi connectivity index (χ1n) is 6.30. The number of carboxylic acids is 1. The van der Waals surface area contributed by atoms with Gasteiger partial charge in [0.05, 0.1) is 0 Å². The summed E-state index contributed by atoms with van der Waals surface area (Å²) in [6.07, 6.45) is 1.81. The normalized spacial score (nSPS) is 11.7. The molecule has 1 aromatic rings. The van der Waals surface area contributed by atoms with Crippen molar-refractivity contribution in [2.45, 2.75) is 19.3 Å². The lowest BCUT2D eigenvalue weighted by Gasteiger charge is -2.21. The summed E-state index contributed by atoms with van der Waals surface area (Å²) in [6.45, 7) is 5.45. The Morgan fingerprint density at radius 2 is 2.00 bits per heavy atom. The van der Waals surface area contributed by atoms with Crippen LogP contribution in [0.25, 0.3) is 0 Å². The van der Waals surface area contributed by atoms with Crippen LogP contribution in [0.5, 0.6) is 0 Å². The predicted octanol–water partition coefficient (Wildman–Crippen LogP) is 3.04. The zero-order valence-corrected chi connectivity index (χ0v) is 13.0. The largest absolute Gasteiger partial charge is 0.480 e. The standard InChI is InChI=1S/C15H18BrNO3/c1-3-8-17(10-15(19)20)14(18)9-11(2)12-4-6-13(16)7-5-12/h3-7,11H,1,8-10H2,2H3,(H,19,20). The minimum atomic E-state index is -1.02. The molecule has 0 heterocycles. The van der Waals surface area contributed by atoms with Gasteiger partial charge in [-0.3, -0.25) is 9.59 Å². The Kier molecular flexibility index (Phi) is 6.45. The number of nitrogens with zero attached hydrogens (tertiary/aromatic N) is 1. The average Bonchev–Trinajstić information content (AvgIpc) is 2.38. The number of carboxylic acid groups (broad SMARTS) is 1. The van der Waals surface area contributed by atoms with Gasteiger partial charge in [-0.15, -0.1) is 6.58 Å². The molecule has 108 valence electrons. The number of halogens is 1. The third kappa shape index (κ3) is 5.17. The Bertz CT molecular complexity index is 484. The molecule has 0 fully saturated rings. The maximum absolute atomic E-state index is 12.1. The first-order valence-corrected chi connectivity index (χ1v) is 7.09. The van der Waals surface area contributed by atoms with Gasteiger partial charge in [0, 0.05) is 17.4 Å². The highest BCUT2D eigenvalue weighted by atomic mass is 79.9. The van der Waals surface area contributed by atoms with Crippen molar-refractivity contribution in [1.29, 1.82) is 0 Å². The second-order valence-electron chi connectivity index (χ2n) is 4.61. The van der Waals surface area contributed by atoms with Crippen molar-refractivity contribution in [1.82, 2.24) is 4.90 Å². The summed E-state index contributed by atoms with van der Waals surface area (Å²) < 4.78 is 0.985. The van der Waals surface area contributed by atoms with E-state index in [-0.39, 0.29) is 31.3 Å². The number of hydrogen-bond acceptors (Lipinski definition) is 2. The van der Waals surface area contributed by atoms with Crippen molar-refractivity contribution in [3.8, 4) is 0 Å². The molecule has 1 rings (SSSR count). The predicted molar refractivity (Wildman–Crippen MR) is 81.6 cm³/mol. The van der Waals surface area contributed by atoms with Crippen LogP contribution < -0.4 is 0 Å². The summed E-state index contributed by atoms with van der Waals surface area (Å²) in [7, 11) is 0. The molecule has 0 saturated carbocycles.